The first-order valence-corrected chi connectivity index (χ1v) is 4.64. The lowest BCUT2D eigenvalue weighted by Crippen LogP contribution is -2.35. The van der Waals surface area contributed by atoms with Gasteiger partial charge in [-0.05, 0) is 11.8 Å². The Kier molecular flexibility index (Phi) is 4.29. The van der Waals surface area contributed by atoms with Gasteiger partial charge in [-0.15, -0.1) is 0 Å². The summed E-state index contributed by atoms with van der Waals surface area (Å²) in [5, 5.41) is 2.93. The summed E-state index contributed by atoms with van der Waals surface area (Å²) in [6.45, 7) is 11.1. The normalized spacial score (nSPS) is 14.1. The Balaban J connectivity index is 3.72. The molecule has 12 heavy (non-hydrogen) atoms. The van der Waals surface area contributed by atoms with E-state index in [0.29, 0.717) is 0 Å². The van der Waals surface area contributed by atoms with E-state index < -0.39 is 0 Å². The van der Waals surface area contributed by atoms with Crippen molar-refractivity contribution in [2.24, 2.45) is 11.3 Å². The lowest BCUT2D eigenvalue weighted by atomic mass is 9.96. The highest BCUT2D eigenvalue weighted by molar-refractivity contribution is 5.78. The molecule has 0 unspecified atom stereocenters. The average Bonchev–Trinajstić information content (AvgIpc) is 1.97. The number of rotatable bonds is 3. The van der Waals surface area contributed by atoms with Crippen LogP contribution in [0.2, 0.25) is 0 Å². The minimum absolute atomic E-state index is 0.146. The Hall–Kier alpha value is -0.530. The van der Waals surface area contributed by atoms with E-state index in [1.54, 1.807) is 0 Å². The van der Waals surface area contributed by atoms with Crippen LogP contribution in [0, 0.1) is 11.3 Å². The monoisotopic (exact) mass is 171 g/mol. The predicted molar refractivity (Wildman–Crippen MR) is 51.9 cm³/mol. The van der Waals surface area contributed by atoms with Gasteiger partial charge < -0.3 is 5.32 Å². The average molecular weight is 171 g/mol. The quantitative estimate of drug-likeness (QED) is 0.693. The van der Waals surface area contributed by atoms with Crippen molar-refractivity contribution in [3.8, 4) is 0 Å². The summed E-state index contributed by atoms with van der Waals surface area (Å²) in [5.41, 5.74) is 0.184. The first kappa shape index (κ1) is 11.5. The number of nitrogens with one attached hydrogen (secondary N) is 1. The van der Waals surface area contributed by atoms with Crippen LogP contribution in [0.15, 0.2) is 0 Å². The Morgan fingerprint density at radius 3 is 2.25 bits per heavy atom. The highest BCUT2D eigenvalue weighted by Crippen LogP contribution is 2.11. The fourth-order valence-corrected chi connectivity index (χ4v) is 0.712. The minimum Gasteiger partial charge on any atom is -0.355 e. The zero-order valence-corrected chi connectivity index (χ0v) is 8.90. The Labute approximate surface area is 75.7 Å². The maximum Gasteiger partial charge on any atom is 0.222 e. The third-order valence-corrected chi connectivity index (χ3v) is 1.85. The summed E-state index contributed by atoms with van der Waals surface area (Å²) in [5.74, 6) is 0.319. The van der Waals surface area contributed by atoms with E-state index >= 15 is 0 Å². The highest BCUT2D eigenvalue weighted by atomic mass is 16.1. The molecule has 0 heterocycles. The number of carbonyl (C=O) groups excluding carboxylic acids is 1. The lowest BCUT2D eigenvalue weighted by Gasteiger charge is -2.20. The van der Waals surface area contributed by atoms with E-state index in [1.165, 1.54) is 0 Å². The maximum atomic E-state index is 11.3. The van der Waals surface area contributed by atoms with E-state index in [1.807, 2.05) is 13.8 Å². The smallest absolute Gasteiger partial charge is 0.222 e. The molecule has 0 aliphatic rings. The number of hydrogen-bond donors (Lipinski definition) is 1. The van der Waals surface area contributed by atoms with Crippen LogP contribution in [-0.4, -0.2) is 12.5 Å². The SMILES string of the molecule is CC[C@H](C)C(=O)NCC(C)(C)C. The van der Waals surface area contributed by atoms with Gasteiger partial charge in [0.2, 0.25) is 5.91 Å². The molecule has 0 fully saturated rings. The van der Waals surface area contributed by atoms with Crippen LogP contribution < -0.4 is 5.32 Å². The molecule has 0 aliphatic carbocycles. The van der Waals surface area contributed by atoms with E-state index in [-0.39, 0.29) is 17.2 Å². The lowest BCUT2D eigenvalue weighted by molar-refractivity contribution is -0.124. The van der Waals surface area contributed by atoms with Crippen molar-refractivity contribution >= 4 is 5.91 Å². The van der Waals surface area contributed by atoms with Gasteiger partial charge in [0.25, 0.3) is 0 Å². The molecule has 0 bridgehead atoms. The van der Waals surface area contributed by atoms with Crippen LogP contribution in [0.4, 0.5) is 0 Å². The van der Waals surface area contributed by atoms with Gasteiger partial charge in [0, 0.05) is 12.5 Å². The molecule has 2 nitrogen and oxygen atoms in total. The summed E-state index contributed by atoms with van der Waals surface area (Å²) < 4.78 is 0. The topological polar surface area (TPSA) is 29.1 Å². The van der Waals surface area contributed by atoms with Gasteiger partial charge in [0.1, 0.15) is 0 Å². The second-order valence-electron chi connectivity index (χ2n) is 4.59. The minimum atomic E-state index is 0.146. The zero-order valence-electron chi connectivity index (χ0n) is 8.90. The Morgan fingerprint density at radius 2 is 1.92 bits per heavy atom. The molecular weight excluding hydrogens is 150 g/mol. The summed E-state index contributed by atoms with van der Waals surface area (Å²) in [7, 11) is 0. The van der Waals surface area contributed by atoms with Gasteiger partial charge in [-0.3, -0.25) is 4.79 Å². The number of carbonyl (C=O) groups is 1. The molecule has 72 valence electrons. The van der Waals surface area contributed by atoms with Crippen LogP contribution >= 0.6 is 0 Å². The van der Waals surface area contributed by atoms with Crippen molar-refractivity contribution in [3.63, 3.8) is 0 Å². The molecule has 0 saturated carbocycles. The molecule has 0 aromatic rings. The van der Waals surface area contributed by atoms with Gasteiger partial charge >= 0.3 is 0 Å². The van der Waals surface area contributed by atoms with E-state index in [9.17, 15) is 4.79 Å². The van der Waals surface area contributed by atoms with Gasteiger partial charge in [0.15, 0.2) is 0 Å². The summed E-state index contributed by atoms with van der Waals surface area (Å²) in [4.78, 5) is 11.3. The molecule has 2 heteroatoms. The van der Waals surface area contributed by atoms with E-state index in [0.717, 1.165) is 13.0 Å². The molecule has 0 spiro atoms. The van der Waals surface area contributed by atoms with Crippen molar-refractivity contribution in [1.29, 1.82) is 0 Å². The van der Waals surface area contributed by atoms with Crippen LogP contribution in [0.3, 0.4) is 0 Å². The highest BCUT2D eigenvalue weighted by Gasteiger charge is 2.14. The molecule has 0 aromatic heterocycles. The first-order valence-electron chi connectivity index (χ1n) is 4.64. The van der Waals surface area contributed by atoms with Crippen LogP contribution in [-0.2, 0) is 4.79 Å². The maximum absolute atomic E-state index is 11.3. The van der Waals surface area contributed by atoms with Gasteiger partial charge in [-0.25, -0.2) is 0 Å². The largest absolute Gasteiger partial charge is 0.355 e. The number of hydrogen-bond acceptors (Lipinski definition) is 1. The molecular formula is C10H21NO. The summed E-state index contributed by atoms with van der Waals surface area (Å²) in [6, 6.07) is 0. The molecule has 1 N–H and O–H groups in total. The second kappa shape index (κ2) is 4.48. The van der Waals surface area contributed by atoms with Crippen molar-refractivity contribution in [2.45, 2.75) is 41.0 Å². The van der Waals surface area contributed by atoms with Gasteiger partial charge in [-0.2, -0.15) is 0 Å². The summed E-state index contributed by atoms with van der Waals surface area (Å²) >= 11 is 0. The summed E-state index contributed by atoms with van der Waals surface area (Å²) in [6.07, 6.45) is 0.913. The molecule has 1 amide bonds. The Bertz CT molecular complexity index is 146. The fourth-order valence-electron chi connectivity index (χ4n) is 0.712. The fraction of sp³-hybridized carbons (Fsp3) is 0.900. The molecule has 0 aliphatic heterocycles. The molecule has 0 radical (unpaired) electrons. The standard InChI is InChI=1S/C10H21NO/c1-6-8(2)9(12)11-7-10(3,4)5/h8H,6-7H2,1-5H3,(H,11,12)/t8-/m0/s1. The second-order valence-corrected chi connectivity index (χ2v) is 4.59. The van der Waals surface area contributed by atoms with E-state index in [2.05, 4.69) is 26.1 Å². The third kappa shape index (κ3) is 5.16. The van der Waals surface area contributed by atoms with Crippen LogP contribution in [0.1, 0.15) is 41.0 Å². The van der Waals surface area contributed by atoms with Crippen molar-refractivity contribution in [3.05, 3.63) is 0 Å². The van der Waals surface area contributed by atoms with Crippen molar-refractivity contribution in [1.82, 2.24) is 5.32 Å². The van der Waals surface area contributed by atoms with Gasteiger partial charge in [-0.1, -0.05) is 34.6 Å². The van der Waals surface area contributed by atoms with Crippen LogP contribution in [0.5, 0.6) is 0 Å². The molecule has 0 saturated heterocycles. The van der Waals surface area contributed by atoms with Crippen molar-refractivity contribution in [2.75, 3.05) is 6.54 Å². The Morgan fingerprint density at radius 1 is 1.42 bits per heavy atom. The zero-order chi connectivity index (χ0) is 9.78. The molecule has 0 rings (SSSR count). The van der Waals surface area contributed by atoms with Crippen molar-refractivity contribution < 1.29 is 4.79 Å². The van der Waals surface area contributed by atoms with Crippen LogP contribution in [0.25, 0.3) is 0 Å². The first-order chi connectivity index (χ1) is 5.37. The van der Waals surface area contributed by atoms with E-state index in [4.69, 9.17) is 0 Å². The predicted octanol–water partition coefficient (Wildman–Crippen LogP) is 2.19. The molecule has 1 atom stereocenters. The molecule has 0 aromatic carbocycles. The van der Waals surface area contributed by atoms with Gasteiger partial charge in [0.05, 0.1) is 0 Å². The number of amides is 1. The third-order valence-electron chi connectivity index (χ3n) is 1.85.